The number of hydrogen-bond acceptors (Lipinski definition) is 2. The van der Waals surface area contributed by atoms with Crippen molar-refractivity contribution < 1.29 is 0 Å². The molecule has 0 unspecified atom stereocenters. The van der Waals surface area contributed by atoms with Crippen molar-refractivity contribution >= 4 is 95.3 Å². The molecule has 10 aromatic rings. The van der Waals surface area contributed by atoms with Crippen molar-refractivity contribution in [2.24, 2.45) is 0 Å². The van der Waals surface area contributed by atoms with Crippen molar-refractivity contribution in [3.8, 4) is 22.3 Å². The van der Waals surface area contributed by atoms with Crippen molar-refractivity contribution in [2.45, 2.75) is 0 Å². The highest BCUT2D eigenvalue weighted by atomic mass is 32.1. The Morgan fingerprint density at radius 2 is 0.818 bits per heavy atom. The zero-order valence-corrected chi connectivity index (χ0v) is 25.3. The van der Waals surface area contributed by atoms with Crippen LogP contribution in [-0.4, -0.2) is 0 Å². The molecule has 0 aliphatic carbocycles. The maximum Gasteiger partial charge on any atom is 0.0433 e. The molecule has 0 saturated heterocycles. The lowest BCUT2D eigenvalue weighted by Crippen LogP contribution is -1.90. The van der Waals surface area contributed by atoms with E-state index in [-0.39, 0.29) is 0 Å². The molecular formula is C42H24S2. The lowest BCUT2D eigenvalue weighted by molar-refractivity contribution is 1.70. The van der Waals surface area contributed by atoms with Crippen molar-refractivity contribution in [3.05, 3.63) is 146 Å². The van der Waals surface area contributed by atoms with Gasteiger partial charge in [0.05, 0.1) is 0 Å². The van der Waals surface area contributed by atoms with Crippen LogP contribution in [0, 0.1) is 0 Å². The molecule has 0 fully saturated rings. The molecule has 8 aromatic carbocycles. The Morgan fingerprint density at radius 3 is 1.55 bits per heavy atom. The lowest BCUT2D eigenvalue weighted by atomic mass is 9.85. The Morgan fingerprint density at radius 1 is 0.295 bits per heavy atom. The minimum Gasteiger partial charge on any atom is -0.135 e. The van der Waals surface area contributed by atoms with Gasteiger partial charge in [0.1, 0.15) is 0 Å². The highest BCUT2D eigenvalue weighted by Crippen LogP contribution is 2.47. The Kier molecular flexibility index (Phi) is 5.13. The van der Waals surface area contributed by atoms with Gasteiger partial charge in [0.25, 0.3) is 0 Å². The van der Waals surface area contributed by atoms with E-state index in [4.69, 9.17) is 0 Å². The summed E-state index contributed by atoms with van der Waals surface area (Å²) in [5.41, 5.74) is 5.16. The predicted octanol–water partition coefficient (Wildman–Crippen LogP) is 13.2. The van der Waals surface area contributed by atoms with E-state index in [1.807, 2.05) is 22.7 Å². The highest BCUT2D eigenvalue weighted by molar-refractivity contribution is 7.26. The second kappa shape index (κ2) is 9.24. The van der Waals surface area contributed by atoms with Crippen LogP contribution < -0.4 is 0 Å². The average molecular weight is 593 g/mol. The van der Waals surface area contributed by atoms with E-state index in [1.165, 1.54) is 94.9 Å². The Balaban J connectivity index is 1.26. The third-order valence-corrected chi connectivity index (χ3v) is 11.6. The molecule has 2 aromatic heterocycles. The fourth-order valence-electron chi connectivity index (χ4n) is 7.29. The lowest BCUT2D eigenvalue weighted by Gasteiger charge is -2.18. The number of hydrogen-bond donors (Lipinski definition) is 0. The molecule has 44 heavy (non-hydrogen) atoms. The highest BCUT2D eigenvalue weighted by Gasteiger charge is 2.18. The SMILES string of the molecule is c1ccc2c(c1)ccc1c3cc(-c4c5ccccc5c(-c5ccc6c(c5)sc5ccccc56)c5ccccc45)ccc3sc21. The smallest absolute Gasteiger partial charge is 0.0433 e. The maximum absolute atomic E-state index is 2.43. The van der Waals surface area contributed by atoms with Crippen LogP contribution in [0.1, 0.15) is 0 Å². The third-order valence-electron chi connectivity index (χ3n) is 9.25. The van der Waals surface area contributed by atoms with Gasteiger partial charge >= 0.3 is 0 Å². The molecule has 0 N–H and O–H groups in total. The molecular weight excluding hydrogens is 569 g/mol. The van der Waals surface area contributed by atoms with Gasteiger partial charge in [0, 0.05) is 40.3 Å². The second-order valence-electron chi connectivity index (χ2n) is 11.6. The van der Waals surface area contributed by atoms with E-state index in [0.29, 0.717) is 0 Å². The van der Waals surface area contributed by atoms with Crippen LogP contribution in [-0.2, 0) is 0 Å². The molecule has 2 heterocycles. The number of thiophene rings is 2. The minimum atomic E-state index is 1.27. The van der Waals surface area contributed by atoms with Gasteiger partial charge in [0.15, 0.2) is 0 Å². The van der Waals surface area contributed by atoms with Crippen LogP contribution in [0.4, 0.5) is 0 Å². The first-order valence-corrected chi connectivity index (χ1v) is 16.6. The predicted molar refractivity (Wildman–Crippen MR) is 196 cm³/mol. The summed E-state index contributed by atoms with van der Waals surface area (Å²) in [5, 5.41) is 13.2. The summed E-state index contributed by atoms with van der Waals surface area (Å²) in [5.74, 6) is 0. The Hall–Kier alpha value is -5.02. The minimum absolute atomic E-state index is 1.27. The summed E-state index contributed by atoms with van der Waals surface area (Å²) in [4.78, 5) is 0. The molecule has 10 rings (SSSR count). The summed E-state index contributed by atoms with van der Waals surface area (Å²) in [6.45, 7) is 0. The molecule has 0 amide bonds. The molecule has 0 aliphatic heterocycles. The zero-order chi connectivity index (χ0) is 28.8. The molecule has 0 nitrogen and oxygen atoms in total. The van der Waals surface area contributed by atoms with E-state index in [9.17, 15) is 0 Å². The first kappa shape index (κ1) is 24.4. The molecule has 2 heteroatoms. The first-order chi connectivity index (χ1) is 21.8. The van der Waals surface area contributed by atoms with Gasteiger partial charge in [-0.1, -0.05) is 121 Å². The van der Waals surface area contributed by atoms with Crippen LogP contribution in [0.2, 0.25) is 0 Å². The molecule has 0 radical (unpaired) electrons. The summed E-state index contributed by atoms with van der Waals surface area (Å²) in [6.07, 6.45) is 0. The van der Waals surface area contributed by atoms with E-state index in [0.717, 1.165) is 0 Å². The normalized spacial score (nSPS) is 12.1. The summed E-state index contributed by atoms with van der Waals surface area (Å²) >= 11 is 3.79. The van der Waals surface area contributed by atoms with E-state index in [1.54, 1.807) is 0 Å². The molecule has 204 valence electrons. The van der Waals surface area contributed by atoms with Crippen LogP contribution in [0.5, 0.6) is 0 Å². The first-order valence-electron chi connectivity index (χ1n) is 15.0. The van der Waals surface area contributed by atoms with Crippen molar-refractivity contribution in [1.29, 1.82) is 0 Å². The van der Waals surface area contributed by atoms with Crippen LogP contribution in [0.25, 0.3) is 94.9 Å². The summed E-state index contributed by atoms with van der Waals surface area (Å²) in [6, 6.07) is 54.2. The average Bonchev–Trinajstić information content (AvgIpc) is 3.65. The van der Waals surface area contributed by atoms with Crippen molar-refractivity contribution in [1.82, 2.24) is 0 Å². The summed E-state index contributed by atoms with van der Waals surface area (Å²) in [7, 11) is 0. The molecule has 0 bridgehead atoms. The van der Waals surface area contributed by atoms with Gasteiger partial charge < -0.3 is 0 Å². The Bertz CT molecular complexity index is 2720. The maximum atomic E-state index is 2.43. The standard InChI is InChI=1S/C42H24S2/c1-2-10-28-25(9-1)17-21-35-36-23-26(19-22-38(36)44-42(28)35)40-31-12-3-5-14-33(31)41(34-15-6-4-13-32(34)40)27-18-20-30-29-11-7-8-16-37(29)43-39(30)24-27/h1-24H. The zero-order valence-electron chi connectivity index (χ0n) is 23.7. The second-order valence-corrected chi connectivity index (χ2v) is 13.8. The monoisotopic (exact) mass is 592 g/mol. The molecule has 0 spiro atoms. The van der Waals surface area contributed by atoms with Gasteiger partial charge in [-0.05, 0) is 78.8 Å². The van der Waals surface area contributed by atoms with Gasteiger partial charge in [-0.2, -0.15) is 0 Å². The quantitative estimate of drug-likeness (QED) is 0.175. The van der Waals surface area contributed by atoms with Crippen LogP contribution in [0.3, 0.4) is 0 Å². The molecule has 0 aliphatic rings. The van der Waals surface area contributed by atoms with Crippen LogP contribution >= 0.6 is 22.7 Å². The summed E-state index contributed by atoms with van der Waals surface area (Å²) < 4.78 is 5.39. The van der Waals surface area contributed by atoms with Crippen molar-refractivity contribution in [3.63, 3.8) is 0 Å². The number of benzene rings is 8. The molecule has 0 saturated carbocycles. The van der Waals surface area contributed by atoms with E-state index >= 15 is 0 Å². The topological polar surface area (TPSA) is 0 Å². The third kappa shape index (κ3) is 3.44. The van der Waals surface area contributed by atoms with E-state index in [2.05, 4.69) is 146 Å². The fourth-order valence-corrected chi connectivity index (χ4v) is 9.66. The fraction of sp³-hybridized carbons (Fsp3) is 0. The van der Waals surface area contributed by atoms with Gasteiger partial charge in [-0.3, -0.25) is 0 Å². The number of fused-ring (bicyclic) bond motifs is 10. The van der Waals surface area contributed by atoms with Crippen LogP contribution in [0.15, 0.2) is 146 Å². The molecule has 0 atom stereocenters. The number of rotatable bonds is 2. The Labute approximate surface area is 262 Å². The van der Waals surface area contributed by atoms with Gasteiger partial charge in [-0.25, -0.2) is 0 Å². The van der Waals surface area contributed by atoms with Gasteiger partial charge in [0.2, 0.25) is 0 Å². The largest absolute Gasteiger partial charge is 0.135 e. The van der Waals surface area contributed by atoms with E-state index < -0.39 is 0 Å². The van der Waals surface area contributed by atoms with Crippen molar-refractivity contribution in [2.75, 3.05) is 0 Å². The van der Waals surface area contributed by atoms with Gasteiger partial charge in [-0.15, -0.1) is 22.7 Å².